The number of carbonyl (C=O) groups is 1. The number of nitrogens with zero attached hydrogens (tertiary/aromatic N) is 2. The summed E-state index contributed by atoms with van der Waals surface area (Å²) in [6.45, 7) is 0.530. The van der Waals surface area contributed by atoms with Gasteiger partial charge in [-0.3, -0.25) is 4.79 Å². The molecule has 3 N–H and O–H groups in total. The second kappa shape index (κ2) is 10.5. The van der Waals surface area contributed by atoms with Gasteiger partial charge in [-0.05, 0) is 30.5 Å². The normalized spacial score (nSPS) is 16.0. The molecule has 24 heavy (non-hydrogen) atoms. The van der Waals surface area contributed by atoms with Crippen molar-refractivity contribution >= 4 is 35.8 Å². The number of nitrogens with one attached hydrogen (secondary N) is 1. The first kappa shape index (κ1) is 20.7. The second-order valence-electron chi connectivity index (χ2n) is 6.43. The molecule has 1 saturated carbocycles. The van der Waals surface area contributed by atoms with Gasteiger partial charge >= 0.3 is 0 Å². The number of aliphatic imine (C=N–C) groups is 1. The average molecular weight is 444 g/mol. The first-order valence-corrected chi connectivity index (χ1v) is 8.43. The van der Waals surface area contributed by atoms with Crippen LogP contribution in [0.5, 0.6) is 0 Å². The monoisotopic (exact) mass is 444 g/mol. The van der Waals surface area contributed by atoms with Gasteiger partial charge in [0.25, 0.3) is 5.91 Å². The minimum absolute atomic E-state index is 0. The van der Waals surface area contributed by atoms with Crippen molar-refractivity contribution in [3.8, 4) is 0 Å². The van der Waals surface area contributed by atoms with Crippen molar-refractivity contribution in [1.82, 2.24) is 10.2 Å². The van der Waals surface area contributed by atoms with E-state index >= 15 is 0 Å². The molecule has 2 rings (SSSR count). The minimum Gasteiger partial charge on any atom is -0.370 e. The van der Waals surface area contributed by atoms with Gasteiger partial charge in [0.1, 0.15) is 0 Å². The Morgan fingerprint density at radius 2 is 1.75 bits per heavy atom. The maximum Gasteiger partial charge on any atom is 0.253 e. The van der Waals surface area contributed by atoms with E-state index in [-0.39, 0.29) is 29.9 Å². The third-order valence-corrected chi connectivity index (χ3v) is 4.25. The highest BCUT2D eigenvalue weighted by atomic mass is 127. The predicted octanol–water partition coefficient (Wildman–Crippen LogP) is 3.13. The van der Waals surface area contributed by atoms with Crippen molar-refractivity contribution in [2.45, 2.75) is 51.1 Å². The van der Waals surface area contributed by atoms with Crippen LogP contribution < -0.4 is 11.1 Å². The molecular formula is C18H29IN4O. The fourth-order valence-corrected chi connectivity index (χ4v) is 2.87. The Balaban J connectivity index is 0.00000288. The van der Waals surface area contributed by atoms with Gasteiger partial charge in [0.15, 0.2) is 5.96 Å². The van der Waals surface area contributed by atoms with E-state index in [0.717, 1.165) is 5.56 Å². The molecule has 1 fully saturated rings. The summed E-state index contributed by atoms with van der Waals surface area (Å²) in [7, 11) is 3.50. The van der Waals surface area contributed by atoms with Crippen molar-refractivity contribution in [1.29, 1.82) is 0 Å². The van der Waals surface area contributed by atoms with Crippen LogP contribution in [0.4, 0.5) is 0 Å². The van der Waals surface area contributed by atoms with Gasteiger partial charge in [0, 0.05) is 25.7 Å². The molecule has 6 heteroatoms. The van der Waals surface area contributed by atoms with E-state index in [1.807, 2.05) is 24.3 Å². The molecule has 0 aromatic heterocycles. The Hall–Kier alpha value is -1.31. The van der Waals surface area contributed by atoms with Gasteiger partial charge in [-0.2, -0.15) is 0 Å². The van der Waals surface area contributed by atoms with E-state index in [9.17, 15) is 4.79 Å². The van der Waals surface area contributed by atoms with Crippen LogP contribution in [0.3, 0.4) is 0 Å². The zero-order chi connectivity index (χ0) is 16.7. The summed E-state index contributed by atoms with van der Waals surface area (Å²) < 4.78 is 0. The number of guanidine groups is 1. The second-order valence-corrected chi connectivity index (χ2v) is 6.43. The number of rotatable bonds is 4. The molecule has 0 spiro atoms. The summed E-state index contributed by atoms with van der Waals surface area (Å²) in [5, 5.41) is 3.34. The molecule has 0 bridgehead atoms. The van der Waals surface area contributed by atoms with Gasteiger partial charge in [-0.1, -0.05) is 37.8 Å². The van der Waals surface area contributed by atoms with Crippen molar-refractivity contribution in [3.05, 3.63) is 35.4 Å². The van der Waals surface area contributed by atoms with Crippen molar-refractivity contribution in [3.63, 3.8) is 0 Å². The van der Waals surface area contributed by atoms with Gasteiger partial charge in [-0.15, -0.1) is 24.0 Å². The van der Waals surface area contributed by atoms with Crippen LogP contribution in [-0.2, 0) is 6.54 Å². The van der Waals surface area contributed by atoms with Crippen LogP contribution in [0.2, 0.25) is 0 Å². The number of halogens is 1. The molecular weight excluding hydrogens is 415 g/mol. The maximum atomic E-state index is 11.8. The summed E-state index contributed by atoms with van der Waals surface area (Å²) in [5.41, 5.74) is 7.73. The zero-order valence-corrected chi connectivity index (χ0v) is 17.0. The molecule has 0 radical (unpaired) electrons. The zero-order valence-electron chi connectivity index (χ0n) is 14.6. The molecule has 0 unspecified atom stereocenters. The topological polar surface area (TPSA) is 70.7 Å². The lowest BCUT2D eigenvalue weighted by atomic mass is 10.1. The minimum atomic E-state index is 0. The van der Waals surface area contributed by atoms with Crippen LogP contribution in [0.1, 0.15) is 54.4 Å². The number of hydrogen-bond donors (Lipinski definition) is 2. The molecule has 1 aromatic carbocycles. The number of nitrogens with two attached hydrogens (primary N) is 1. The van der Waals surface area contributed by atoms with Crippen LogP contribution in [0, 0.1) is 0 Å². The van der Waals surface area contributed by atoms with E-state index in [1.54, 1.807) is 19.0 Å². The van der Waals surface area contributed by atoms with E-state index in [2.05, 4.69) is 10.3 Å². The molecule has 5 nitrogen and oxygen atoms in total. The predicted molar refractivity (Wildman–Crippen MR) is 110 cm³/mol. The molecule has 0 atom stereocenters. The first-order chi connectivity index (χ1) is 11.1. The molecule has 1 amide bonds. The Morgan fingerprint density at radius 3 is 2.29 bits per heavy atom. The lowest BCUT2D eigenvalue weighted by molar-refractivity contribution is 0.0827. The third kappa shape index (κ3) is 6.67. The van der Waals surface area contributed by atoms with E-state index in [1.165, 1.54) is 38.5 Å². The van der Waals surface area contributed by atoms with Crippen molar-refractivity contribution in [2.75, 3.05) is 14.1 Å². The largest absolute Gasteiger partial charge is 0.370 e. The lowest BCUT2D eigenvalue weighted by Gasteiger charge is -2.16. The summed E-state index contributed by atoms with van der Waals surface area (Å²) in [6, 6.07) is 7.99. The Labute approximate surface area is 162 Å². The molecule has 1 aliphatic carbocycles. The number of carbonyl (C=O) groups excluding carboxylic acids is 1. The Kier molecular flexibility index (Phi) is 9.10. The molecule has 1 aromatic rings. The number of amides is 1. The van der Waals surface area contributed by atoms with Gasteiger partial charge in [-0.25, -0.2) is 4.99 Å². The average Bonchev–Trinajstić information content (AvgIpc) is 2.81. The fourth-order valence-electron chi connectivity index (χ4n) is 2.87. The van der Waals surface area contributed by atoms with Crippen LogP contribution in [0.15, 0.2) is 29.3 Å². The fraction of sp³-hybridized carbons (Fsp3) is 0.556. The highest BCUT2D eigenvalue weighted by molar-refractivity contribution is 14.0. The quantitative estimate of drug-likeness (QED) is 0.325. The SMILES string of the molecule is CN(C)C(=O)c1ccc(CN=C(N)NC2CCCCCC2)cc1.I. The summed E-state index contributed by atoms with van der Waals surface area (Å²) in [4.78, 5) is 17.8. The molecule has 0 heterocycles. The molecule has 0 saturated heterocycles. The van der Waals surface area contributed by atoms with E-state index in [4.69, 9.17) is 5.73 Å². The lowest BCUT2D eigenvalue weighted by Crippen LogP contribution is -2.39. The summed E-state index contributed by atoms with van der Waals surface area (Å²) in [6.07, 6.45) is 7.55. The van der Waals surface area contributed by atoms with Crippen molar-refractivity contribution < 1.29 is 4.79 Å². The van der Waals surface area contributed by atoms with Crippen LogP contribution in [0.25, 0.3) is 0 Å². The Bertz CT molecular complexity index is 534. The van der Waals surface area contributed by atoms with Crippen LogP contribution >= 0.6 is 24.0 Å². The molecule has 134 valence electrons. The summed E-state index contributed by atoms with van der Waals surface area (Å²) in [5.74, 6) is 0.528. The number of hydrogen-bond acceptors (Lipinski definition) is 2. The standard InChI is InChI=1S/C18H28N4O.HI/c1-22(2)17(23)15-11-9-14(10-12-15)13-20-18(19)21-16-7-5-3-4-6-8-16;/h9-12,16H,3-8,13H2,1-2H3,(H3,19,20,21);1H. The number of benzene rings is 1. The van der Waals surface area contributed by atoms with E-state index < -0.39 is 0 Å². The Morgan fingerprint density at radius 1 is 1.17 bits per heavy atom. The van der Waals surface area contributed by atoms with E-state index in [0.29, 0.717) is 24.1 Å². The van der Waals surface area contributed by atoms with Gasteiger partial charge in [0.2, 0.25) is 0 Å². The molecule has 1 aliphatic rings. The highest BCUT2D eigenvalue weighted by Crippen LogP contribution is 2.17. The van der Waals surface area contributed by atoms with Crippen LogP contribution in [-0.4, -0.2) is 36.9 Å². The maximum absolute atomic E-state index is 11.8. The first-order valence-electron chi connectivity index (χ1n) is 8.43. The van der Waals surface area contributed by atoms with Crippen molar-refractivity contribution in [2.24, 2.45) is 10.7 Å². The van der Waals surface area contributed by atoms with Gasteiger partial charge < -0.3 is 16.0 Å². The summed E-state index contributed by atoms with van der Waals surface area (Å²) >= 11 is 0. The smallest absolute Gasteiger partial charge is 0.253 e. The highest BCUT2D eigenvalue weighted by Gasteiger charge is 2.12. The third-order valence-electron chi connectivity index (χ3n) is 4.25. The molecule has 0 aliphatic heterocycles. The van der Waals surface area contributed by atoms with Gasteiger partial charge in [0.05, 0.1) is 6.54 Å².